The summed E-state index contributed by atoms with van der Waals surface area (Å²) in [6, 6.07) is 15.2. The Bertz CT molecular complexity index is 976. The highest BCUT2D eigenvalue weighted by Gasteiger charge is 2.32. The fourth-order valence-electron chi connectivity index (χ4n) is 3.52. The molecule has 1 atom stereocenters. The number of aromatic nitrogens is 3. The summed E-state index contributed by atoms with van der Waals surface area (Å²) in [4.78, 5) is 27.3. The molecule has 0 fully saturated rings. The number of carbonyl (C=O) groups is 2. The number of hydrogen-bond acceptors (Lipinski definition) is 3. The third-order valence-electron chi connectivity index (χ3n) is 5.05. The van der Waals surface area contributed by atoms with Crippen LogP contribution in [-0.4, -0.2) is 43.6 Å². The van der Waals surface area contributed by atoms with E-state index in [2.05, 4.69) is 10.4 Å². The smallest absolute Gasteiger partial charge is 0.271 e. The molecule has 1 N–H and O–H groups in total. The van der Waals surface area contributed by atoms with Gasteiger partial charge >= 0.3 is 0 Å². The van der Waals surface area contributed by atoms with Crippen LogP contribution in [0.5, 0.6) is 0 Å². The zero-order chi connectivity index (χ0) is 19.5. The largest absolute Gasteiger partial charge is 0.349 e. The van der Waals surface area contributed by atoms with E-state index in [1.807, 2.05) is 65.1 Å². The summed E-state index contributed by atoms with van der Waals surface area (Å²) in [6.07, 6.45) is 3.69. The Morgan fingerprint density at radius 2 is 1.96 bits per heavy atom. The monoisotopic (exact) mass is 377 g/mol. The van der Waals surface area contributed by atoms with Crippen LogP contribution in [0.2, 0.25) is 0 Å². The van der Waals surface area contributed by atoms with Gasteiger partial charge in [-0.1, -0.05) is 30.3 Å². The molecule has 28 heavy (non-hydrogen) atoms. The fourth-order valence-corrected chi connectivity index (χ4v) is 3.52. The molecule has 3 aromatic rings. The number of aryl methyl sites for hydroxylation is 1. The van der Waals surface area contributed by atoms with Crippen molar-refractivity contribution >= 4 is 11.8 Å². The van der Waals surface area contributed by atoms with Gasteiger partial charge in [-0.3, -0.25) is 14.3 Å². The third kappa shape index (κ3) is 3.55. The Morgan fingerprint density at radius 1 is 1.14 bits per heavy atom. The van der Waals surface area contributed by atoms with Gasteiger partial charge in [0.1, 0.15) is 11.4 Å². The molecule has 0 bridgehead atoms. The molecular weight excluding hydrogens is 354 g/mol. The third-order valence-corrected chi connectivity index (χ3v) is 5.05. The molecule has 4 rings (SSSR count). The molecule has 0 spiro atoms. The van der Waals surface area contributed by atoms with E-state index in [9.17, 15) is 9.59 Å². The van der Waals surface area contributed by atoms with Gasteiger partial charge in [-0.05, 0) is 30.7 Å². The van der Waals surface area contributed by atoms with Gasteiger partial charge < -0.3 is 14.8 Å². The van der Waals surface area contributed by atoms with Crippen molar-refractivity contribution in [1.29, 1.82) is 0 Å². The van der Waals surface area contributed by atoms with E-state index in [0.717, 1.165) is 5.56 Å². The van der Waals surface area contributed by atoms with Crippen molar-refractivity contribution in [3.63, 3.8) is 0 Å². The van der Waals surface area contributed by atoms with E-state index in [1.54, 1.807) is 16.9 Å². The quantitative estimate of drug-likeness (QED) is 0.716. The Labute approximate surface area is 163 Å². The van der Waals surface area contributed by atoms with Crippen LogP contribution in [0, 0.1) is 0 Å². The second-order valence-corrected chi connectivity index (χ2v) is 6.88. The topological polar surface area (TPSA) is 72.2 Å². The number of fused-ring (bicyclic) bond motifs is 1. The molecule has 0 aliphatic carbocycles. The van der Waals surface area contributed by atoms with Crippen LogP contribution < -0.4 is 5.32 Å². The molecule has 1 aliphatic heterocycles. The van der Waals surface area contributed by atoms with E-state index in [1.165, 1.54) is 0 Å². The molecule has 0 saturated heterocycles. The zero-order valence-electron chi connectivity index (χ0n) is 15.8. The van der Waals surface area contributed by atoms with Gasteiger partial charge in [-0.25, -0.2) is 0 Å². The molecule has 2 aromatic heterocycles. The Kier molecular flexibility index (Phi) is 4.97. The Balaban J connectivity index is 1.51. The summed E-state index contributed by atoms with van der Waals surface area (Å²) in [5.41, 5.74) is 2.13. The van der Waals surface area contributed by atoms with Crippen LogP contribution in [-0.2, 0) is 19.6 Å². The van der Waals surface area contributed by atoms with Gasteiger partial charge in [0.25, 0.3) is 11.8 Å². The molecule has 7 heteroatoms. The Morgan fingerprint density at radius 3 is 2.71 bits per heavy atom. The lowest BCUT2D eigenvalue weighted by Crippen LogP contribution is -2.52. The zero-order valence-corrected chi connectivity index (χ0v) is 15.8. The molecule has 0 saturated carbocycles. The number of benzene rings is 1. The number of carbonyl (C=O) groups excluding carboxylic acids is 2. The van der Waals surface area contributed by atoms with E-state index in [-0.39, 0.29) is 17.9 Å². The van der Waals surface area contributed by atoms with Crippen molar-refractivity contribution in [3.05, 3.63) is 77.9 Å². The van der Waals surface area contributed by atoms with Gasteiger partial charge in [-0.15, -0.1) is 0 Å². The minimum atomic E-state index is -0.224. The van der Waals surface area contributed by atoms with E-state index >= 15 is 0 Å². The van der Waals surface area contributed by atoms with Crippen LogP contribution in [0.25, 0.3) is 0 Å². The number of amides is 2. The normalized spacial score (nSPS) is 16.1. The maximum absolute atomic E-state index is 13.0. The average molecular weight is 377 g/mol. The average Bonchev–Trinajstić information content (AvgIpc) is 3.38. The summed E-state index contributed by atoms with van der Waals surface area (Å²) < 4.78 is 3.67. The van der Waals surface area contributed by atoms with Crippen LogP contribution in [0.4, 0.5) is 0 Å². The highest BCUT2D eigenvalue weighted by molar-refractivity contribution is 5.94. The first-order chi connectivity index (χ1) is 13.7. The van der Waals surface area contributed by atoms with Crippen molar-refractivity contribution in [1.82, 2.24) is 24.6 Å². The standard InChI is InChI=1S/C21H23N5O2/c1-2-25-12-10-18(23-25)20(27)22-13-17-15-24-11-6-9-19(24)21(28)26(17)14-16-7-4-3-5-8-16/h3-12,17H,2,13-15H2,1H3,(H,22,27). The second kappa shape index (κ2) is 7.72. The molecule has 2 amide bonds. The lowest BCUT2D eigenvalue weighted by molar-refractivity contribution is 0.0563. The van der Waals surface area contributed by atoms with Gasteiger partial charge in [0, 0.05) is 38.6 Å². The molecule has 0 radical (unpaired) electrons. The molecule has 144 valence electrons. The van der Waals surface area contributed by atoms with Gasteiger partial charge in [0.15, 0.2) is 0 Å². The molecule has 1 aliphatic rings. The number of hydrogen-bond donors (Lipinski definition) is 1. The maximum Gasteiger partial charge on any atom is 0.271 e. The van der Waals surface area contributed by atoms with Crippen molar-refractivity contribution < 1.29 is 9.59 Å². The minimum absolute atomic E-state index is 0.0189. The minimum Gasteiger partial charge on any atom is -0.349 e. The fraction of sp³-hybridized carbons (Fsp3) is 0.286. The SMILES string of the molecule is CCn1ccc(C(=O)NCC2Cn3cccc3C(=O)N2Cc2ccccc2)n1. The van der Waals surface area contributed by atoms with Crippen LogP contribution in [0.3, 0.4) is 0 Å². The second-order valence-electron chi connectivity index (χ2n) is 6.88. The summed E-state index contributed by atoms with van der Waals surface area (Å²) in [6.45, 7) is 4.21. The Hall–Kier alpha value is -3.35. The molecule has 7 nitrogen and oxygen atoms in total. The molecule has 1 aromatic carbocycles. The lowest BCUT2D eigenvalue weighted by atomic mass is 10.1. The predicted octanol–water partition coefficient (Wildman–Crippen LogP) is 2.16. The van der Waals surface area contributed by atoms with Crippen molar-refractivity contribution in [2.24, 2.45) is 0 Å². The van der Waals surface area contributed by atoms with E-state index in [0.29, 0.717) is 37.6 Å². The van der Waals surface area contributed by atoms with Crippen LogP contribution >= 0.6 is 0 Å². The lowest BCUT2D eigenvalue weighted by Gasteiger charge is -2.36. The number of rotatable bonds is 6. The van der Waals surface area contributed by atoms with Crippen molar-refractivity contribution in [3.8, 4) is 0 Å². The number of nitrogens with one attached hydrogen (secondary N) is 1. The predicted molar refractivity (Wildman–Crippen MR) is 105 cm³/mol. The summed E-state index contributed by atoms with van der Waals surface area (Å²) in [5, 5.41) is 7.18. The van der Waals surface area contributed by atoms with Gasteiger partial charge in [0.05, 0.1) is 6.04 Å². The maximum atomic E-state index is 13.0. The van der Waals surface area contributed by atoms with Gasteiger partial charge in [0.2, 0.25) is 0 Å². The van der Waals surface area contributed by atoms with Crippen molar-refractivity contribution in [2.75, 3.05) is 6.54 Å². The van der Waals surface area contributed by atoms with E-state index in [4.69, 9.17) is 0 Å². The summed E-state index contributed by atoms with van der Waals surface area (Å²) >= 11 is 0. The highest BCUT2D eigenvalue weighted by atomic mass is 16.2. The first-order valence-corrected chi connectivity index (χ1v) is 9.47. The van der Waals surface area contributed by atoms with Gasteiger partial charge in [-0.2, -0.15) is 5.10 Å². The van der Waals surface area contributed by atoms with Crippen LogP contribution in [0.1, 0.15) is 33.5 Å². The summed E-state index contributed by atoms with van der Waals surface area (Å²) in [5.74, 6) is -0.243. The number of nitrogens with zero attached hydrogens (tertiary/aromatic N) is 4. The first kappa shape index (κ1) is 18.0. The van der Waals surface area contributed by atoms with E-state index < -0.39 is 0 Å². The molecule has 1 unspecified atom stereocenters. The first-order valence-electron chi connectivity index (χ1n) is 9.47. The molecule has 3 heterocycles. The van der Waals surface area contributed by atoms with Crippen molar-refractivity contribution in [2.45, 2.75) is 32.6 Å². The highest BCUT2D eigenvalue weighted by Crippen LogP contribution is 2.20. The molecular formula is C21H23N5O2. The summed E-state index contributed by atoms with van der Waals surface area (Å²) in [7, 11) is 0. The van der Waals surface area contributed by atoms with Crippen LogP contribution in [0.15, 0.2) is 60.9 Å².